The molecule has 0 aliphatic heterocycles. The second-order valence-electron chi connectivity index (χ2n) is 6.15. The molecule has 0 fully saturated rings. The Labute approximate surface area is 168 Å². The number of ether oxygens (including phenoxy) is 2. The van der Waals surface area contributed by atoms with Gasteiger partial charge >= 0.3 is 5.97 Å². The largest absolute Gasteiger partial charge is 0.453 e. The van der Waals surface area contributed by atoms with E-state index in [0.29, 0.717) is 23.7 Å². The highest BCUT2D eigenvalue weighted by molar-refractivity contribution is 6.30. The summed E-state index contributed by atoms with van der Waals surface area (Å²) in [6.07, 6.45) is 1.47. The number of hydrogen-bond acceptors (Lipinski definition) is 5. The van der Waals surface area contributed by atoms with Crippen LogP contribution in [0.5, 0.6) is 0 Å². The molecular weight excluding hydrogens is 380 g/mol. The minimum Gasteiger partial charge on any atom is -0.453 e. The molecule has 0 radical (unpaired) electrons. The molecule has 0 bridgehead atoms. The summed E-state index contributed by atoms with van der Waals surface area (Å²) in [5, 5.41) is 9.84. The smallest absolute Gasteiger partial charge is 0.349 e. The first-order valence-corrected chi connectivity index (χ1v) is 8.98. The minimum atomic E-state index is -0.841. The fourth-order valence-corrected chi connectivity index (χ4v) is 2.85. The molecule has 146 valence electrons. The molecule has 28 heavy (non-hydrogen) atoms. The van der Waals surface area contributed by atoms with Crippen LogP contribution in [0, 0.1) is 25.2 Å². The molecule has 0 aliphatic rings. The number of aryl methyl sites for hydroxylation is 1. The highest BCUT2D eigenvalue weighted by atomic mass is 35.5. The summed E-state index contributed by atoms with van der Waals surface area (Å²) in [5.41, 5.74) is 2.85. The van der Waals surface area contributed by atoms with E-state index in [0.717, 1.165) is 17.0 Å². The average molecular weight is 401 g/mol. The molecule has 1 heterocycles. The summed E-state index contributed by atoms with van der Waals surface area (Å²) in [4.78, 5) is 24.3. The van der Waals surface area contributed by atoms with Crippen LogP contribution < -0.4 is 0 Å². The van der Waals surface area contributed by atoms with E-state index in [1.165, 1.54) is 6.08 Å². The Morgan fingerprint density at radius 3 is 2.54 bits per heavy atom. The third-order valence-electron chi connectivity index (χ3n) is 4.27. The summed E-state index contributed by atoms with van der Waals surface area (Å²) in [5.74, 6) is -1.22. The molecule has 0 saturated heterocycles. The molecule has 0 aliphatic carbocycles. The maximum atomic E-state index is 12.2. The quantitative estimate of drug-likeness (QED) is 0.292. The van der Waals surface area contributed by atoms with Crippen LogP contribution in [0.3, 0.4) is 0 Å². The number of methoxy groups -OCH3 is 1. The van der Waals surface area contributed by atoms with Crippen LogP contribution in [-0.4, -0.2) is 36.6 Å². The molecule has 1 aromatic carbocycles. The summed E-state index contributed by atoms with van der Waals surface area (Å²) in [6.45, 7) is 4.61. The molecule has 0 amide bonds. The van der Waals surface area contributed by atoms with Crippen LogP contribution in [0.25, 0.3) is 6.08 Å². The van der Waals surface area contributed by atoms with E-state index in [1.807, 2.05) is 30.6 Å². The average Bonchev–Trinajstić information content (AvgIpc) is 2.95. The number of rotatable bonds is 8. The normalized spacial score (nSPS) is 11.2. The highest BCUT2D eigenvalue weighted by Crippen LogP contribution is 2.19. The first-order chi connectivity index (χ1) is 13.4. The predicted octanol–water partition coefficient (Wildman–Crippen LogP) is 3.74. The van der Waals surface area contributed by atoms with Gasteiger partial charge in [-0.25, -0.2) is 4.79 Å². The molecule has 0 N–H and O–H groups in total. The van der Waals surface area contributed by atoms with Gasteiger partial charge in [-0.2, -0.15) is 5.26 Å². The van der Waals surface area contributed by atoms with E-state index in [-0.39, 0.29) is 11.4 Å². The summed E-state index contributed by atoms with van der Waals surface area (Å²) < 4.78 is 12.2. The van der Waals surface area contributed by atoms with Gasteiger partial charge in [0.05, 0.1) is 6.61 Å². The van der Waals surface area contributed by atoms with Crippen molar-refractivity contribution in [3.05, 3.63) is 63.4 Å². The van der Waals surface area contributed by atoms with Crippen molar-refractivity contribution in [1.29, 1.82) is 5.26 Å². The van der Waals surface area contributed by atoms with Gasteiger partial charge in [0.25, 0.3) is 0 Å². The van der Waals surface area contributed by atoms with E-state index in [2.05, 4.69) is 0 Å². The number of nitrogens with zero attached hydrogens (tertiary/aromatic N) is 2. The maximum Gasteiger partial charge on any atom is 0.349 e. The van der Waals surface area contributed by atoms with Gasteiger partial charge in [-0.05, 0) is 55.8 Å². The van der Waals surface area contributed by atoms with Gasteiger partial charge in [0.15, 0.2) is 12.4 Å². The zero-order valence-corrected chi connectivity index (χ0v) is 16.7. The Kier molecular flexibility index (Phi) is 7.56. The van der Waals surface area contributed by atoms with Crippen LogP contribution in [0.15, 0.2) is 35.9 Å². The van der Waals surface area contributed by atoms with Crippen LogP contribution in [-0.2, 0) is 20.8 Å². The summed E-state index contributed by atoms with van der Waals surface area (Å²) in [6, 6.07) is 9.99. The van der Waals surface area contributed by atoms with Gasteiger partial charge in [-0.1, -0.05) is 11.6 Å². The van der Waals surface area contributed by atoms with Crippen molar-refractivity contribution in [2.24, 2.45) is 0 Å². The van der Waals surface area contributed by atoms with Crippen molar-refractivity contribution in [2.45, 2.75) is 20.4 Å². The second-order valence-corrected chi connectivity index (χ2v) is 6.58. The molecule has 0 unspecified atom stereocenters. The van der Waals surface area contributed by atoms with Crippen molar-refractivity contribution in [3.63, 3.8) is 0 Å². The van der Waals surface area contributed by atoms with Crippen molar-refractivity contribution in [3.8, 4) is 6.07 Å². The zero-order valence-electron chi connectivity index (χ0n) is 16.0. The van der Waals surface area contributed by atoms with Crippen LogP contribution >= 0.6 is 11.6 Å². The number of hydrogen-bond donors (Lipinski definition) is 0. The molecule has 0 spiro atoms. The van der Waals surface area contributed by atoms with Crippen molar-refractivity contribution in [2.75, 3.05) is 20.3 Å². The van der Waals surface area contributed by atoms with Gasteiger partial charge < -0.3 is 14.0 Å². The predicted molar refractivity (Wildman–Crippen MR) is 106 cm³/mol. The molecule has 7 heteroatoms. The second kappa shape index (κ2) is 9.88. The third kappa shape index (κ3) is 5.32. The first kappa shape index (κ1) is 21.4. The van der Waals surface area contributed by atoms with Crippen molar-refractivity contribution < 1.29 is 19.1 Å². The number of esters is 1. The number of aromatic nitrogens is 1. The minimum absolute atomic E-state index is 0.170. The number of carbonyl (C=O) groups excluding carboxylic acids is 2. The number of nitriles is 1. The topological polar surface area (TPSA) is 81.3 Å². The van der Waals surface area contributed by atoms with Crippen LogP contribution in [0.2, 0.25) is 5.02 Å². The lowest BCUT2D eigenvalue weighted by Gasteiger charge is -2.08. The van der Waals surface area contributed by atoms with Crippen LogP contribution in [0.4, 0.5) is 0 Å². The molecule has 2 rings (SSSR count). The zero-order chi connectivity index (χ0) is 20.7. The first-order valence-electron chi connectivity index (χ1n) is 8.60. The summed E-state index contributed by atoms with van der Waals surface area (Å²) in [7, 11) is 1.63. The van der Waals surface area contributed by atoms with Gasteiger partial charge in [-0.3, -0.25) is 4.79 Å². The van der Waals surface area contributed by atoms with Crippen molar-refractivity contribution >= 4 is 29.4 Å². The van der Waals surface area contributed by atoms with Crippen LogP contribution in [0.1, 0.15) is 27.3 Å². The third-order valence-corrected chi connectivity index (χ3v) is 4.52. The standard InChI is InChI=1S/C21H21ClN2O4/c1-14-10-17(15(2)24(14)8-9-27-3)11-18(12-23)21(26)28-13-20(25)16-4-6-19(22)7-5-16/h4-7,10-11H,8-9,13H2,1-3H3/b18-11-. The Morgan fingerprint density at radius 1 is 1.25 bits per heavy atom. The fraction of sp³-hybridized carbons (Fsp3) is 0.286. The Bertz CT molecular complexity index is 937. The van der Waals surface area contributed by atoms with Gasteiger partial charge in [-0.15, -0.1) is 0 Å². The Balaban J connectivity index is 2.10. The monoisotopic (exact) mass is 400 g/mol. The molecule has 0 saturated carbocycles. The number of benzene rings is 1. The molecule has 6 nitrogen and oxygen atoms in total. The lowest BCUT2D eigenvalue weighted by molar-refractivity contribution is -0.137. The maximum absolute atomic E-state index is 12.2. The fourth-order valence-electron chi connectivity index (χ4n) is 2.72. The lowest BCUT2D eigenvalue weighted by Crippen LogP contribution is -2.15. The van der Waals surface area contributed by atoms with Crippen molar-refractivity contribution in [1.82, 2.24) is 4.57 Å². The number of carbonyl (C=O) groups is 2. The SMILES string of the molecule is COCCn1c(C)cc(/C=C(/C#N)C(=O)OCC(=O)c2ccc(Cl)cc2)c1C. The molecular formula is C21H21ClN2O4. The molecule has 2 aromatic rings. The van der Waals surface area contributed by atoms with E-state index in [1.54, 1.807) is 31.4 Å². The van der Waals surface area contributed by atoms with Gasteiger partial charge in [0.2, 0.25) is 0 Å². The Hall–Kier alpha value is -2.88. The summed E-state index contributed by atoms with van der Waals surface area (Å²) >= 11 is 5.79. The lowest BCUT2D eigenvalue weighted by atomic mass is 10.1. The number of Topliss-reactive ketones (excluding diaryl/α,β-unsaturated/α-hetero) is 1. The van der Waals surface area contributed by atoms with E-state index in [4.69, 9.17) is 21.1 Å². The van der Waals surface area contributed by atoms with E-state index >= 15 is 0 Å². The van der Waals surface area contributed by atoms with E-state index < -0.39 is 12.6 Å². The molecule has 0 atom stereocenters. The highest BCUT2D eigenvalue weighted by Gasteiger charge is 2.16. The number of halogens is 1. The van der Waals surface area contributed by atoms with Gasteiger partial charge in [0.1, 0.15) is 11.6 Å². The molecule has 1 aromatic heterocycles. The number of ketones is 1. The Morgan fingerprint density at radius 2 is 1.93 bits per heavy atom. The van der Waals surface area contributed by atoms with E-state index in [9.17, 15) is 14.9 Å². The van der Waals surface area contributed by atoms with Gasteiger partial charge in [0, 0.05) is 35.6 Å².